The largest absolute Gasteiger partial charge is 0.292 e. The molecule has 5 nitrogen and oxygen atoms in total. The molecule has 0 saturated heterocycles. The van der Waals surface area contributed by atoms with Crippen LogP contribution in [0, 0.1) is 0 Å². The molecule has 0 aromatic heterocycles. The van der Waals surface area contributed by atoms with Gasteiger partial charge in [0.15, 0.2) is 0 Å². The third-order valence-corrected chi connectivity index (χ3v) is 0.605. The zero-order chi connectivity index (χ0) is 5.91. The molecule has 0 aromatic carbocycles. The molecule has 0 saturated carbocycles. The molecule has 0 rings (SSSR count). The van der Waals surface area contributed by atoms with Gasteiger partial charge in [-0.15, -0.1) is 0 Å². The predicted molar refractivity (Wildman–Crippen MR) is 20.1 cm³/mol. The van der Waals surface area contributed by atoms with E-state index in [-0.39, 0.29) is 0 Å². The molecule has 6 heteroatoms. The molecule has 0 amide bonds. The van der Waals surface area contributed by atoms with Crippen LogP contribution < -0.4 is 0 Å². The SMILES string of the molecule is O=S(=O)(O)COO. The van der Waals surface area contributed by atoms with Gasteiger partial charge in [0, 0.05) is 0 Å². The van der Waals surface area contributed by atoms with Crippen molar-refractivity contribution in [1.82, 2.24) is 0 Å². The summed E-state index contributed by atoms with van der Waals surface area (Å²) in [4.78, 5) is 3.07. The molecular formula is CH4O5S. The van der Waals surface area contributed by atoms with Crippen LogP contribution in [-0.2, 0) is 15.0 Å². The molecule has 0 aliphatic carbocycles. The van der Waals surface area contributed by atoms with E-state index in [0.717, 1.165) is 0 Å². The lowest BCUT2D eigenvalue weighted by Gasteiger charge is -1.86. The fourth-order valence-electron chi connectivity index (χ4n) is 0.0666. The van der Waals surface area contributed by atoms with Gasteiger partial charge < -0.3 is 0 Å². The second-order valence-corrected chi connectivity index (χ2v) is 2.23. The summed E-state index contributed by atoms with van der Waals surface area (Å²) in [7, 11) is -4.15. The molecule has 2 N–H and O–H groups in total. The monoisotopic (exact) mass is 128 g/mol. The lowest BCUT2D eigenvalue weighted by atomic mass is 11.7. The van der Waals surface area contributed by atoms with Crippen molar-refractivity contribution < 1.29 is 23.1 Å². The van der Waals surface area contributed by atoms with Gasteiger partial charge >= 0.3 is 0 Å². The third kappa shape index (κ3) is 5.83. The highest BCUT2D eigenvalue weighted by Gasteiger charge is 2.00. The van der Waals surface area contributed by atoms with Gasteiger partial charge in [0.2, 0.25) is 5.94 Å². The van der Waals surface area contributed by atoms with Crippen LogP contribution in [0.25, 0.3) is 0 Å². The molecular weight excluding hydrogens is 124 g/mol. The van der Waals surface area contributed by atoms with Gasteiger partial charge in [-0.25, -0.2) is 4.89 Å². The summed E-state index contributed by atoms with van der Waals surface area (Å²) in [5, 5.41) is 7.36. The number of hydrogen-bond acceptors (Lipinski definition) is 4. The maximum absolute atomic E-state index is 9.50. The van der Waals surface area contributed by atoms with Crippen LogP contribution in [0.5, 0.6) is 0 Å². The lowest BCUT2D eigenvalue weighted by Crippen LogP contribution is -2.04. The summed E-state index contributed by atoms with van der Waals surface area (Å²) in [5.74, 6) is -1.08. The van der Waals surface area contributed by atoms with Gasteiger partial charge in [0.1, 0.15) is 0 Å². The van der Waals surface area contributed by atoms with Crippen molar-refractivity contribution in [3.63, 3.8) is 0 Å². The number of rotatable bonds is 2. The van der Waals surface area contributed by atoms with E-state index in [1.807, 2.05) is 0 Å². The van der Waals surface area contributed by atoms with Crippen LogP contribution in [0.2, 0.25) is 0 Å². The van der Waals surface area contributed by atoms with E-state index in [1.54, 1.807) is 0 Å². The second-order valence-electron chi connectivity index (χ2n) is 0.829. The first-order chi connectivity index (χ1) is 3.06. The summed E-state index contributed by atoms with van der Waals surface area (Å²) >= 11 is 0. The molecule has 0 atom stereocenters. The van der Waals surface area contributed by atoms with Crippen molar-refractivity contribution in [1.29, 1.82) is 0 Å². The van der Waals surface area contributed by atoms with E-state index in [1.165, 1.54) is 0 Å². The Hall–Kier alpha value is -0.170. The summed E-state index contributed by atoms with van der Waals surface area (Å²) in [6, 6.07) is 0. The Morgan fingerprint density at radius 1 is 1.57 bits per heavy atom. The summed E-state index contributed by atoms with van der Waals surface area (Å²) in [6.07, 6.45) is 0. The Balaban J connectivity index is 3.60. The maximum atomic E-state index is 9.50. The van der Waals surface area contributed by atoms with Gasteiger partial charge in [0.05, 0.1) is 0 Å². The molecule has 0 unspecified atom stereocenters. The zero-order valence-corrected chi connectivity index (χ0v) is 4.05. The minimum atomic E-state index is -4.15. The Morgan fingerprint density at radius 2 is 2.00 bits per heavy atom. The first kappa shape index (κ1) is 6.83. The van der Waals surface area contributed by atoms with Crippen LogP contribution >= 0.6 is 0 Å². The normalized spacial score (nSPS) is 11.7. The highest BCUT2D eigenvalue weighted by Crippen LogP contribution is 1.77. The second kappa shape index (κ2) is 2.22. The fraction of sp³-hybridized carbons (Fsp3) is 1.00. The molecule has 0 heterocycles. The topological polar surface area (TPSA) is 83.8 Å². The van der Waals surface area contributed by atoms with Crippen molar-refractivity contribution in [3.05, 3.63) is 0 Å². The molecule has 7 heavy (non-hydrogen) atoms. The van der Waals surface area contributed by atoms with E-state index in [0.29, 0.717) is 0 Å². The van der Waals surface area contributed by atoms with Crippen molar-refractivity contribution in [2.24, 2.45) is 0 Å². The van der Waals surface area contributed by atoms with E-state index in [2.05, 4.69) is 4.89 Å². The first-order valence-corrected chi connectivity index (χ1v) is 2.88. The van der Waals surface area contributed by atoms with E-state index < -0.39 is 16.1 Å². The van der Waals surface area contributed by atoms with Gasteiger partial charge in [-0.05, 0) is 0 Å². The minimum Gasteiger partial charge on any atom is -0.284 e. The fourth-order valence-corrected chi connectivity index (χ4v) is 0.200. The third-order valence-electron chi connectivity index (χ3n) is 0.202. The van der Waals surface area contributed by atoms with Gasteiger partial charge in [-0.3, -0.25) is 9.81 Å². The number of hydrogen-bond donors (Lipinski definition) is 2. The summed E-state index contributed by atoms with van der Waals surface area (Å²) < 4.78 is 26.7. The van der Waals surface area contributed by atoms with Crippen molar-refractivity contribution >= 4 is 10.1 Å². The molecule has 0 aliphatic heterocycles. The van der Waals surface area contributed by atoms with E-state index >= 15 is 0 Å². The average molecular weight is 128 g/mol. The molecule has 0 aromatic rings. The van der Waals surface area contributed by atoms with Crippen molar-refractivity contribution in [2.45, 2.75) is 0 Å². The van der Waals surface area contributed by atoms with Gasteiger partial charge in [-0.2, -0.15) is 8.42 Å². The lowest BCUT2D eigenvalue weighted by molar-refractivity contribution is -0.225. The first-order valence-electron chi connectivity index (χ1n) is 1.28. The van der Waals surface area contributed by atoms with Gasteiger partial charge in [0.25, 0.3) is 10.1 Å². The zero-order valence-electron chi connectivity index (χ0n) is 3.23. The molecule has 44 valence electrons. The van der Waals surface area contributed by atoms with Gasteiger partial charge in [-0.1, -0.05) is 0 Å². The highest BCUT2D eigenvalue weighted by molar-refractivity contribution is 7.85. The predicted octanol–water partition coefficient (Wildman–Crippen LogP) is -0.679. The Morgan fingerprint density at radius 3 is 2.00 bits per heavy atom. The summed E-state index contributed by atoms with van der Waals surface area (Å²) in [6.45, 7) is 0. The molecule has 0 bridgehead atoms. The van der Waals surface area contributed by atoms with E-state index in [4.69, 9.17) is 9.81 Å². The molecule has 0 aliphatic rings. The van der Waals surface area contributed by atoms with Crippen LogP contribution in [0.3, 0.4) is 0 Å². The molecule has 0 spiro atoms. The Labute approximate surface area is 40.2 Å². The quantitative estimate of drug-likeness (QED) is 0.292. The maximum Gasteiger partial charge on any atom is 0.292 e. The standard InChI is InChI=1S/CH4O5S/c2-6-1-7(3,4)5/h2H,1H2,(H,3,4,5). The molecule has 0 radical (unpaired) electrons. The smallest absolute Gasteiger partial charge is 0.284 e. The van der Waals surface area contributed by atoms with E-state index in [9.17, 15) is 8.42 Å². The van der Waals surface area contributed by atoms with Crippen LogP contribution in [0.15, 0.2) is 0 Å². The van der Waals surface area contributed by atoms with Crippen LogP contribution in [0.4, 0.5) is 0 Å². The van der Waals surface area contributed by atoms with Crippen molar-refractivity contribution in [3.8, 4) is 0 Å². The van der Waals surface area contributed by atoms with Crippen LogP contribution in [-0.4, -0.2) is 24.2 Å². The summed E-state index contributed by atoms with van der Waals surface area (Å²) in [5.41, 5.74) is 0. The van der Waals surface area contributed by atoms with Crippen molar-refractivity contribution in [2.75, 3.05) is 5.94 Å². The highest BCUT2D eigenvalue weighted by atomic mass is 32.2. The Kier molecular flexibility index (Phi) is 2.16. The molecule has 0 fully saturated rings. The average Bonchev–Trinajstić information content (AvgIpc) is 1.30. The van der Waals surface area contributed by atoms with Crippen LogP contribution in [0.1, 0.15) is 0 Å². The Bertz CT molecular complexity index is 121. The minimum absolute atomic E-state index is 1.08.